The van der Waals surface area contributed by atoms with Crippen molar-refractivity contribution in [2.75, 3.05) is 14.2 Å². The molecule has 0 aliphatic carbocycles. The molecule has 0 radical (unpaired) electrons. The second kappa shape index (κ2) is 7.49. The summed E-state index contributed by atoms with van der Waals surface area (Å²) in [7, 11) is 3.03. The molecule has 0 saturated heterocycles. The Morgan fingerprint density at radius 3 is 2.33 bits per heavy atom. The maximum absolute atomic E-state index is 13.3. The normalized spacial score (nSPS) is 11.8. The van der Waals surface area contributed by atoms with Crippen molar-refractivity contribution in [3.8, 4) is 11.5 Å². The van der Waals surface area contributed by atoms with Gasteiger partial charge >= 0.3 is 0 Å². The largest absolute Gasteiger partial charge is 0.493 e. The van der Waals surface area contributed by atoms with Crippen LogP contribution in [-0.4, -0.2) is 20.1 Å². The molecular weight excluding hydrogens is 340 g/mol. The van der Waals surface area contributed by atoms with Gasteiger partial charge in [0, 0.05) is 0 Å². The smallest absolute Gasteiger partial charge is 0.253 e. The highest BCUT2D eigenvalue weighted by Gasteiger charge is 2.18. The number of ether oxygens (including phenoxy) is 2. The van der Waals surface area contributed by atoms with Crippen molar-refractivity contribution in [3.63, 3.8) is 0 Å². The summed E-state index contributed by atoms with van der Waals surface area (Å²) >= 11 is 5.81. The zero-order valence-corrected chi connectivity index (χ0v) is 14.1. The monoisotopic (exact) mass is 355 g/mol. The van der Waals surface area contributed by atoms with Crippen LogP contribution in [0.25, 0.3) is 0 Å². The van der Waals surface area contributed by atoms with Gasteiger partial charge in [-0.2, -0.15) is 0 Å². The van der Waals surface area contributed by atoms with E-state index >= 15 is 0 Å². The number of amides is 1. The molecule has 0 aliphatic heterocycles. The van der Waals surface area contributed by atoms with Crippen molar-refractivity contribution >= 4 is 17.5 Å². The topological polar surface area (TPSA) is 47.6 Å². The predicted octanol–water partition coefficient (Wildman–Crippen LogP) is 4.13. The van der Waals surface area contributed by atoms with Gasteiger partial charge in [-0.25, -0.2) is 8.78 Å². The lowest BCUT2D eigenvalue weighted by Crippen LogP contribution is -2.27. The maximum Gasteiger partial charge on any atom is 0.253 e. The summed E-state index contributed by atoms with van der Waals surface area (Å²) in [6.45, 7) is 1.74. The molecular formula is C17H16ClF2NO3. The predicted molar refractivity (Wildman–Crippen MR) is 86.8 cm³/mol. The first-order valence-corrected chi connectivity index (χ1v) is 7.42. The van der Waals surface area contributed by atoms with E-state index in [1.54, 1.807) is 25.1 Å². The number of carbonyl (C=O) groups excluding carboxylic acids is 1. The number of halogens is 3. The molecule has 0 aliphatic rings. The lowest BCUT2D eigenvalue weighted by Gasteiger charge is -2.17. The SMILES string of the molecule is COc1ccc(C(C)NC(=O)c2cc(F)c(F)cc2Cl)cc1OC. The molecule has 0 spiro atoms. The minimum absolute atomic E-state index is 0.136. The molecule has 4 nitrogen and oxygen atoms in total. The van der Waals surface area contributed by atoms with Gasteiger partial charge in [0.2, 0.25) is 0 Å². The Bertz CT molecular complexity index is 768. The lowest BCUT2D eigenvalue weighted by atomic mass is 10.1. The van der Waals surface area contributed by atoms with Crippen molar-refractivity contribution in [1.29, 1.82) is 0 Å². The Morgan fingerprint density at radius 1 is 1.08 bits per heavy atom. The first-order valence-electron chi connectivity index (χ1n) is 7.04. The molecule has 0 bridgehead atoms. The Kier molecular flexibility index (Phi) is 5.62. The van der Waals surface area contributed by atoms with Crippen LogP contribution in [0.3, 0.4) is 0 Å². The third-order valence-electron chi connectivity index (χ3n) is 3.51. The van der Waals surface area contributed by atoms with Crippen molar-refractivity contribution in [1.82, 2.24) is 5.32 Å². The average Bonchev–Trinajstić information content (AvgIpc) is 2.57. The van der Waals surface area contributed by atoms with Crippen LogP contribution >= 0.6 is 11.6 Å². The van der Waals surface area contributed by atoms with Crippen LogP contribution in [0.15, 0.2) is 30.3 Å². The van der Waals surface area contributed by atoms with E-state index < -0.39 is 23.6 Å². The Labute approximate surface area is 143 Å². The zero-order chi connectivity index (χ0) is 17.9. The van der Waals surface area contributed by atoms with Gasteiger partial charge in [-0.15, -0.1) is 0 Å². The van der Waals surface area contributed by atoms with E-state index in [0.717, 1.165) is 17.7 Å². The fourth-order valence-corrected chi connectivity index (χ4v) is 2.41. The molecule has 1 unspecified atom stereocenters. The van der Waals surface area contributed by atoms with E-state index in [0.29, 0.717) is 11.5 Å². The summed E-state index contributed by atoms with van der Waals surface area (Å²) in [6, 6.07) is 6.32. The first-order chi connectivity index (χ1) is 11.4. The zero-order valence-electron chi connectivity index (χ0n) is 13.3. The van der Waals surface area contributed by atoms with E-state index in [1.807, 2.05) is 0 Å². The van der Waals surface area contributed by atoms with Crippen molar-refractivity contribution in [2.45, 2.75) is 13.0 Å². The van der Waals surface area contributed by atoms with Gasteiger partial charge in [-0.1, -0.05) is 17.7 Å². The highest BCUT2D eigenvalue weighted by atomic mass is 35.5. The molecule has 0 heterocycles. The number of nitrogens with one attached hydrogen (secondary N) is 1. The molecule has 0 fully saturated rings. The van der Waals surface area contributed by atoms with Crippen LogP contribution in [0.4, 0.5) is 8.78 Å². The average molecular weight is 356 g/mol. The van der Waals surface area contributed by atoms with Crippen LogP contribution < -0.4 is 14.8 Å². The van der Waals surface area contributed by atoms with Crippen molar-refractivity contribution < 1.29 is 23.0 Å². The molecule has 2 aromatic rings. The first kappa shape index (κ1) is 18.0. The van der Waals surface area contributed by atoms with Gasteiger partial charge in [0.15, 0.2) is 23.1 Å². The molecule has 0 aromatic heterocycles. The quantitative estimate of drug-likeness (QED) is 0.820. The molecule has 2 aromatic carbocycles. The Hall–Kier alpha value is -2.34. The minimum atomic E-state index is -1.14. The number of hydrogen-bond donors (Lipinski definition) is 1. The standard InChI is InChI=1S/C17H16ClF2NO3/c1-9(10-4-5-15(23-2)16(6-10)24-3)21-17(22)11-7-13(19)14(20)8-12(11)18/h4-9H,1-3H3,(H,21,22). The molecule has 1 amide bonds. The summed E-state index contributed by atoms with van der Waals surface area (Å²) in [5.74, 6) is -1.78. The number of methoxy groups -OCH3 is 2. The van der Waals surface area contributed by atoms with Crippen LogP contribution in [0.1, 0.15) is 28.9 Å². The lowest BCUT2D eigenvalue weighted by molar-refractivity contribution is 0.0939. The summed E-state index contributed by atoms with van der Waals surface area (Å²) in [6.07, 6.45) is 0. The summed E-state index contributed by atoms with van der Waals surface area (Å²) < 4.78 is 36.8. The van der Waals surface area contributed by atoms with Crippen molar-refractivity contribution in [2.24, 2.45) is 0 Å². The summed E-state index contributed by atoms with van der Waals surface area (Å²) in [4.78, 5) is 12.2. The fourth-order valence-electron chi connectivity index (χ4n) is 2.18. The van der Waals surface area contributed by atoms with Gasteiger partial charge < -0.3 is 14.8 Å². The van der Waals surface area contributed by atoms with Crippen LogP contribution in [0, 0.1) is 11.6 Å². The van der Waals surface area contributed by atoms with E-state index in [9.17, 15) is 13.6 Å². The minimum Gasteiger partial charge on any atom is -0.493 e. The highest BCUT2D eigenvalue weighted by molar-refractivity contribution is 6.33. The molecule has 1 atom stereocenters. The Morgan fingerprint density at radius 2 is 1.71 bits per heavy atom. The van der Waals surface area contributed by atoms with E-state index in [-0.39, 0.29) is 10.6 Å². The third kappa shape index (κ3) is 3.76. The second-order valence-corrected chi connectivity index (χ2v) is 5.46. The maximum atomic E-state index is 13.3. The number of hydrogen-bond acceptors (Lipinski definition) is 3. The van der Waals surface area contributed by atoms with E-state index in [2.05, 4.69) is 5.32 Å². The van der Waals surface area contributed by atoms with Gasteiger partial charge in [0.1, 0.15) is 0 Å². The second-order valence-electron chi connectivity index (χ2n) is 5.06. The summed E-state index contributed by atoms with van der Waals surface area (Å²) in [5, 5.41) is 2.52. The molecule has 24 heavy (non-hydrogen) atoms. The number of benzene rings is 2. The van der Waals surface area contributed by atoms with Crippen LogP contribution in [0.5, 0.6) is 11.5 Å². The third-order valence-corrected chi connectivity index (χ3v) is 3.82. The number of carbonyl (C=O) groups is 1. The molecule has 7 heteroatoms. The highest BCUT2D eigenvalue weighted by Crippen LogP contribution is 2.30. The Balaban J connectivity index is 2.22. The fraction of sp³-hybridized carbons (Fsp3) is 0.235. The van der Waals surface area contributed by atoms with Gasteiger partial charge in [-0.05, 0) is 36.8 Å². The summed E-state index contributed by atoms with van der Waals surface area (Å²) in [5.41, 5.74) is 0.614. The molecule has 2 rings (SSSR count). The van der Waals surface area contributed by atoms with Crippen LogP contribution in [0.2, 0.25) is 5.02 Å². The molecule has 0 saturated carbocycles. The molecule has 128 valence electrons. The van der Waals surface area contributed by atoms with E-state index in [4.69, 9.17) is 21.1 Å². The number of rotatable bonds is 5. The van der Waals surface area contributed by atoms with Gasteiger partial charge in [-0.3, -0.25) is 4.79 Å². The van der Waals surface area contributed by atoms with Gasteiger partial charge in [0.05, 0.1) is 30.8 Å². The van der Waals surface area contributed by atoms with Gasteiger partial charge in [0.25, 0.3) is 5.91 Å². The van der Waals surface area contributed by atoms with E-state index in [1.165, 1.54) is 14.2 Å². The molecule has 1 N–H and O–H groups in total. The van der Waals surface area contributed by atoms with Crippen LogP contribution in [-0.2, 0) is 0 Å². The van der Waals surface area contributed by atoms with Crippen molar-refractivity contribution in [3.05, 3.63) is 58.1 Å².